The first kappa shape index (κ1) is 61.6. The maximum absolute atomic E-state index is 12.4. The first-order valence-electron chi connectivity index (χ1n) is 28.5. The predicted molar refractivity (Wildman–Crippen MR) is 273 cm³/mol. The van der Waals surface area contributed by atoms with Crippen LogP contribution in [0.2, 0.25) is 0 Å². The molecule has 1 amide bonds. The van der Waals surface area contributed by atoms with Crippen molar-refractivity contribution in [2.45, 2.75) is 328 Å². The number of nitrogens with one attached hydrogen (secondary N) is 1. The fraction of sp³-hybridized carbons (Fsp3) is 0.930. The number of carbonyl (C=O) groups excluding carboxylic acids is 2. The molecule has 0 aliphatic heterocycles. The Bertz CT molecular complexity index is 939. The Kier molecular flexibility index (Phi) is 52.0. The minimum absolute atomic E-state index is 0.00454. The Labute approximate surface area is 393 Å². The summed E-state index contributed by atoms with van der Waals surface area (Å²) in [5.41, 5.74) is 0. The third kappa shape index (κ3) is 49.9. The molecule has 0 bridgehead atoms. The molecule has 0 radical (unpaired) electrons. The Morgan fingerprint density at radius 3 is 1.08 bits per heavy atom. The van der Waals surface area contributed by atoms with Gasteiger partial charge in [-0.15, -0.1) is 0 Å². The van der Waals surface area contributed by atoms with E-state index < -0.39 is 12.1 Å². The molecule has 0 aromatic carbocycles. The number of hydrogen-bond acceptors (Lipinski definition) is 5. The highest BCUT2D eigenvalue weighted by atomic mass is 16.5. The molecule has 3 N–H and O–H groups in total. The van der Waals surface area contributed by atoms with Crippen molar-refractivity contribution in [2.75, 3.05) is 13.2 Å². The highest BCUT2D eigenvalue weighted by Gasteiger charge is 2.18. The van der Waals surface area contributed by atoms with E-state index in [-0.39, 0.29) is 18.5 Å². The van der Waals surface area contributed by atoms with Crippen molar-refractivity contribution in [2.24, 2.45) is 0 Å². The highest BCUT2D eigenvalue weighted by Crippen LogP contribution is 2.17. The molecule has 2 unspecified atom stereocenters. The van der Waals surface area contributed by atoms with Gasteiger partial charge in [0.05, 0.1) is 25.4 Å². The summed E-state index contributed by atoms with van der Waals surface area (Å²) in [5.74, 6) is -0.0713. The number of ether oxygens (including phenoxy) is 1. The van der Waals surface area contributed by atoms with Gasteiger partial charge in [0, 0.05) is 12.8 Å². The Balaban J connectivity index is 3.40. The standard InChI is InChI=1S/C57H111NO5/c1-3-5-7-9-11-13-15-17-18-19-20-21-24-27-31-35-39-43-47-51-57(62)63-52-48-44-40-36-32-28-25-22-23-26-30-34-38-42-46-50-56(61)58-54(53-59)55(60)49-45-41-37-33-29-16-14-12-10-8-6-4-2/h45,49,54-55,59-60H,3-44,46-48,50-53H2,1-2H3,(H,58,61)/b49-45+. The molecule has 2 atom stereocenters. The second-order valence-corrected chi connectivity index (χ2v) is 19.6. The largest absolute Gasteiger partial charge is 0.466 e. The summed E-state index contributed by atoms with van der Waals surface area (Å²) in [7, 11) is 0. The van der Waals surface area contributed by atoms with Crippen LogP contribution in [0.4, 0.5) is 0 Å². The third-order valence-corrected chi connectivity index (χ3v) is 13.3. The van der Waals surface area contributed by atoms with Crippen LogP contribution in [0.5, 0.6) is 0 Å². The lowest BCUT2D eigenvalue weighted by molar-refractivity contribution is -0.143. The van der Waals surface area contributed by atoms with Crippen LogP contribution < -0.4 is 5.32 Å². The van der Waals surface area contributed by atoms with Crippen molar-refractivity contribution in [3.05, 3.63) is 12.2 Å². The van der Waals surface area contributed by atoms with Crippen molar-refractivity contribution in [1.82, 2.24) is 5.32 Å². The lowest BCUT2D eigenvalue weighted by atomic mass is 10.0. The zero-order valence-corrected chi connectivity index (χ0v) is 42.6. The number of unbranched alkanes of at least 4 members (excludes halogenated alkanes) is 42. The molecular formula is C57H111NO5. The minimum atomic E-state index is -0.848. The van der Waals surface area contributed by atoms with E-state index in [2.05, 4.69) is 19.2 Å². The van der Waals surface area contributed by atoms with E-state index in [0.29, 0.717) is 19.4 Å². The van der Waals surface area contributed by atoms with Gasteiger partial charge < -0.3 is 20.3 Å². The number of aliphatic hydroxyl groups excluding tert-OH is 2. The number of allylic oxidation sites excluding steroid dienone is 1. The Morgan fingerprint density at radius 1 is 0.429 bits per heavy atom. The SMILES string of the molecule is CCCCCCCCCCCC/C=C/C(O)C(CO)NC(=O)CCCCCCCCCCCCCCCCCOC(=O)CCCCCCCCCCCCCCCCCCCCC. The van der Waals surface area contributed by atoms with Crippen LogP contribution in [0.25, 0.3) is 0 Å². The zero-order chi connectivity index (χ0) is 45.8. The predicted octanol–water partition coefficient (Wildman–Crippen LogP) is 17.3. The van der Waals surface area contributed by atoms with E-state index >= 15 is 0 Å². The fourth-order valence-corrected chi connectivity index (χ4v) is 8.93. The van der Waals surface area contributed by atoms with Gasteiger partial charge in [-0.2, -0.15) is 0 Å². The number of aliphatic hydroxyl groups is 2. The quantitative estimate of drug-likeness (QED) is 0.0321. The van der Waals surface area contributed by atoms with Gasteiger partial charge in [0.2, 0.25) is 5.91 Å². The molecule has 0 heterocycles. The van der Waals surface area contributed by atoms with Gasteiger partial charge in [0.25, 0.3) is 0 Å². The first-order chi connectivity index (χ1) is 31.0. The van der Waals surface area contributed by atoms with Crippen LogP contribution in [0.15, 0.2) is 12.2 Å². The van der Waals surface area contributed by atoms with Gasteiger partial charge in [-0.1, -0.05) is 283 Å². The third-order valence-electron chi connectivity index (χ3n) is 13.3. The molecule has 0 aliphatic carbocycles. The fourth-order valence-electron chi connectivity index (χ4n) is 8.93. The van der Waals surface area contributed by atoms with E-state index in [1.807, 2.05) is 6.08 Å². The van der Waals surface area contributed by atoms with Crippen molar-refractivity contribution < 1.29 is 24.5 Å². The van der Waals surface area contributed by atoms with Crippen LogP contribution in [-0.2, 0) is 14.3 Å². The van der Waals surface area contributed by atoms with Crippen molar-refractivity contribution in [1.29, 1.82) is 0 Å². The van der Waals surface area contributed by atoms with Gasteiger partial charge in [-0.3, -0.25) is 9.59 Å². The van der Waals surface area contributed by atoms with Crippen LogP contribution in [0.1, 0.15) is 316 Å². The molecule has 0 aromatic rings. The summed E-state index contributed by atoms with van der Waals surface area (Å²) in [6, 6.07) is -0.632. The van der Waals surface area contributed by atoms with E-state index in [1.54, 1.807) is 6.08 Å². The molecule has 6 heteroatoms. The average Bonchev–Trinajstić information content (AvgIpc) is 3.28. The van der Waals surface area contributed by atoms with E-state index in [9.17, 15) is 19.8 Å². The van der Waals surface area contributed by atoms with E-state index in [0.717, 1.165) is 44.9 Å². The van der Waals surface area contributed by atoms with Gasteiger partial charge in [-0.25, -0.2) is 0 Å². The molecule has 0 saturated carbocycles. The molecule has 0 fully saturated rings. The molecule has 0 aromatic heterocycles. The van der Waals surface area contributed by atoms with E-state index in [1.165, 1.54) is 244 Å². The molecule has 0 spiro atoms. The lowest BCUT2D eigenvalue weighted by Crippen LogP contribution is -2.45. The van der Waals surface area contributed by atoms with Gasteiger partial charge in [-0.05, 0) is 32.1 Å². The number of carbonyl (C=O) groups is 2. The van der Waals surface area contributed by atoms with Crippen LogP contribution in [0.3, 0.4) is 0 Å². The summed E-state index contributed by atoms with van der Waals surface area (Å²) in [6.45, 7) is 4.90. The molecule has 0 aliphatic rings. The zero-order valence-electron chi connectivity index (χ0n) is 42.6. The second-order valence-electron chi connectivity index (χ2n) is 19.6. The average molecular weight is 891 g/mol. The van der Waals surface area contributed by atoms with Gasteiger partial charge in [0.15, 0.2) is 0 Å². The van der Waals surface area contributed by atoms with Crippen molar-refractivity contribution >= 4 is 11.9 Å². The number of hydrogen-bond donors (Lipinski definition) is 3. The smallest absolute Gasteiger partial charge is 0.305 e. The first-order valence-corrected chi connectivity index (χ1v) is 28.5. The maximum Gasteiger partial charge on any atom is 0.305 e. The van der Waals surface area contributed by atoms with Crippen molar-refractivity contribution in [3.63, 3.8) is 0 Å². The van der Waals surface area contributed by atoms with Crippen LogP contribution >= 0.6 is 0 Å². The van der Waals surface area contributed by atoms with E-state index in [4.69, 9.17) is 4.74 Å². The minimum Gasteiger partial charge on any atom is -0.466 e. The monoisotopic (exact) mass is 890 g/mol. The number of esters is 1. The highest BCUT2D eigenvalue weighted by molar-refractivity contribution is 5.76. The molecule has 63 heavy (non-hydrogen) atoms. The number of rotatable bonds is 53. The lowest BCUT2D eigenvalue weighted by Gasteiger charge is -2.20. The summed E-state index contributed by atoms with van der Waals surface area (Å²) in [4.78, 5) is 24.5. The molecule has 6 nitrogen and oxygen atoms in total. The van der Waals surface area contributed by atoms with Crippen LogP contribution in [0, 0.1) is 0 Å². The number of amides is 1. The van der Waals surface area contributed by atoms with Gasteiger partial charge in [0.1, 0.15) is 0 Å². The Morgan fingerprint density at radius 2 is 0.730 bits per heavy atom. The summed E-state index contributed by atoms with van der Waals surface area (Å²) >= 11 is 0. The molecule has 374 valence electrons. The summed E-state index contributed by atoms with van der Waals surface area (Å²) in [6.07, 6.45) is 62.3. The van der Waals surface area contributed by atoms with Gasteiger partial charge >= 0.3 is 5.97 Å². The second kappa shape index (κ2) is 53.2. The topological polar surface area (TPSA) is 95.9 Å². The Hall–Kier alpha value is -1.40. The van der Waals surface area contributed by atoms with Crippen LogP contribution in [-0.4, -0.2) is 47.4 Å². The normalized spacial score (nSPS) is 12.6. The van der Waals surface area contributed by atoms with Crippen molar-refractivity contribution in [3.8, 4) is 0 Å². The molecule has 0 saturated heterocycles. The summed E-state index contributed by atoms with van der Waals surface area (Å²) < 4.78 is 5.49. The molecule has 0 rings (SSSR count). The summed E-state index contributed by atoms with van der Waals surface area (Å²) in [5, 5.41) is 23.0. The molecular weight excluding hydrogens is 779 g/mol. The maximum atomic E-state index is 12.4.